The van der Waals surface area contributed by atoms with Gasteiger partial charge in [-0.2, -0.15) is 0 Å². The van der Waals surface area contributed by atoms with Crippen molar-refractivity contribution in [3.05, 3.63) is 142 Å². The van der Waals surface area contributed by atoms with Crippen molar-refractivity contribution in [1.29, 1.82) is 0 Å². The SMILES string of the molecule is O=C(CSc1nc2c(c(=O)n1CCc1ccccc1)C1(CCCCC1)Cc1ccccc1-2)N(c1ccccc1)c1ccccc1. The van der Waals surface area contributed by atoms with Gasteiger partial charge in [0.25, 0.3) is 5.56 Å². The summed E-state index contributed by atoms with van der Waals surface area (Å²) in [4.78, 5) is 35.9. The zero-order valence-electron chi connectivity index (χ0n) is 25.4. The summed E-state index contributed by atoms with van der Waals surface area (Å²) in [5.41, 5.74) is 6.70. The molecule has 7 rings (SSSR count). The monoisotopic (exact) mass is 611 g/mol. The molecule has 1 aromatic heterocycles. The van der Waals surface area contributed by atoms with E-state index in [0.717, 1.165) is 60.3 Å². The van der Waals surface area contributed by atoms with Crippen molar-refractivity contribution in [2.45, 2.75) is 62.1 Å². The van der Waals surface area contributed by atoms with E-state index in [4.69, 9.17) is 4.98 Å². The molecule has 226 valence electrons. The van der Waals surface area contributed by atoms with Crippen molar-refractivity contribution in [2.24, 2.45) is 0 Å². The lowest BCUT2D eigenvalue weighted by atomic mass is 9.62. The Morgan fingerprint density at radius 3 is 2.04 bits per heavy atom. The molecule has 2 aliphatic carbocycles. The van der Waals surface area contributed by atoms with Gasteiger partial charge >= 0.3 is 0 Å². The third kappa shape index (κ3) is 5.87. The van der Waals surface area contributed by atoms with Gasteiger partial charge in [0.2, 0.25) is 5.91 Å². The Bertz CT molecular complexity index is 1810. The number of fused-ring (bicyclic) bond motifs is 4. The van der Waals surface area contributed by atoms with Gasteiger partial charge in [-0.25, -0.2) is 4.98 Å². The van der Waals surface area contributed by atoms with Gasteiger partial charge in [0.05, 0.1) is 17.0 Å². The maximum atomic E-state index is 14.8. The molecule has 2 aliphatic rings. The number of amides is 1. The number of carbonyl (C=O) groups excluding carboxylic acids is 1. The van der Waals surface area contributed by atoms with E-state index in [9.17, 15) is 9.59 Å². The van der Waals surface area contributed by atoms with Crippen LogP contribution in [0.5, 0.6) is 0 Å². The zero-order chi connectivity index (χ0) is 30.6. The predicted molar refractivity (Wildman–Crippen MR) is 183 cm³/mol. The number of carbonyl (C=O) groups is 1. The van der Waals surface area contributed by atoms with Gasteiger partial charge in [0.1, 0.15) is 0 Å². The van der Waals surface area contributed by atoms with Crippen LogP contribution in [0.4, 0.5) is 11.4 Å². The molecule has 0 atom stereocenters. The average molecular weight is 612 g/mol. The Balaban J connectivity index is 1.30. The van der Waals surface area contributed by atoms with Gasteiger partial charge in [0.15, 0.2) is 5.16 Å². The van der Waals surface area contributed by atoms with Crippen molar-refractivity contribution >= 4 is 29.0 Å². The Kier molecular flexibility index (Phi) is 8.40. The maximum Gasteiger partial charge on any atom is 0.258 e. The van der Waals surface area contributed by atoms with E-state index >= 15 is 0 Å². The molecule has 45 heavy (non-hydrogen) atoms. The minimum absolute atomic E-state index is 0.0604. The molecule has 0 N–H and O–H groups in total. The van der Waals surface area contributed by atoms with Crippen molar-refractivity contribution in [2.75, 3.05) is 10.7 Å². The molecule has 0 aliphatic heterocycles. The van der Waals surface area contributed by atoms with Gasteiger partial charge < -0.3 is 0 Å². The number of benzene rings is 4. The van der Waals surface area contributed by atoms with Crippen molar-refractivity contribution in [3.8, 4) is 11.3 Å². The first-order chi connectivity index (χ1) is 22.1. The Hall–Kier alpha value is -4.42. The smallest absolute Gasteiger partial charge is 0.258 e. The van der Waals surface area contributed by atoms with Gasteiger partial charge in [-0.3, -0.25) is 19.1 Å². The minimum atomic E-state index is -0.184. The predicted octanol–water partition coefficient (Wildman–Crippen LogP) is 8.37. The molecule has 0 saturated heterocycles. The summed E-state index contributed by atoms with van der Waals surface area (Å²) in [6.07, 6.45) is 7.10. The Morgan fingerprint density at radius 2 is 1.38 bits per heavy atom. The van der Waals surface area contributed by atoms with Crippen molar-refractivity contribution in [3.63, 3.8) is 0 Å². The normalized spacial score (nSPS) is 14.8. The molecule has 0 bridgehead atoms. The second-order valence-corrected chi connectivity index (χ2v) is 13.1. The molecular formula is C39H37N3O2S. The molecular weight excluding hydrogens is 575 g/mol. The third-order valence-electron chi connectivity index (χ3n) is 9.35. The number of para-hydroxylation sites is 2. The summed E-state index contributed by atoms with van der Waals surface area (Å²) in [5.74, 6) is 0.0794. The van der Waals surface area contributed by atoms with Crippen LogP contribution in [0.2, 0.25) is 0 Å². The molecule has 5 nitrogen and oxygen atoms in total. The first kappa shape index (κ1) is 29.3. The van der Waals surface area contributed by atoms with Crippen molar-refractivity contribution in [1.82, 2.24) is 9.55 Å². The molecule has 5 aromatic rings. The summed E-state index contributed by atoms with van der Waals surface area (Å²) in [6, 6.07) is 38.2. The number of hydrogen-bond acceptors (Lipinski definition) is 4. The molecule has 1 fully saturated rings. The molecule has 1 saturated carbocycles. The minimum Gasteiger partial charge on any atom is -0.287 e. The molecule has 0 unspecified atom stereocenters. The van der Waals surface area contributed by atoms with E-state index in [2.05, 4.69) is 30.3 Å². The summed E-state index contributed by atoms with van der Waals surface area (Å²) < 4.78 is 1.86. The van der Waals surface area contributed by atoms with Crippen LogP contribution in [0.25, 0.3) is 11.3 Å². The standard InChI is InChI=1S/C39H37N3O2S/c43-34(42(31-18-7-2-8-19-31)32-20-9-3-10-21-32)28-45-38-40-36-33-22-12-11-17-30(33)27-39(24-13-4-14-25-39)35(36)37(44)41(38)26-23-29-15-5-1-6-16-29/h1-3,5-12,15-22H,4,13-14,23-28H2. The average Bonchev–Trinajstić information content (AvgIpc) is 3.09. The third-order valence-corrected chi connectivity index (χ3v) is 10.3. The number of nitrogens with zero attached hydrogens (tertiary/aromatic N) is 3. The number of rotatable bonds is 8. The van der Waals surface area contributed by atoms with Crippen molar-refractivity contribution < 1.29 is 4.79 Å². The van der Waals surface area contributed by atoms with Crippen LogP contribution in [-0.4, -0.2) is 21.2 Å². The van der Waals surface area contributed by atoms with E-state index in [-0.39, 0.29) is 22.6 Å². The second kappa shape index (κ2) is 12.9. The van der Waals surface area contributed by atoms with Gasteiger partial charge in [-0.15, -0.1) is 0 Å². The Labute approximate surface area is 269 Å². The molecule has 1 heterocycles. The van der Waals surface area contributed by atoms with Crippen LogP contribution in [-0.2, 0) is 29.6 Å². The second-order valence-electron chi connectivity index (χ2n) is 12.2. The molecule has 1 spiro atoms. The number of anilines is 2. The first-order valence-corrected chi connectivity index (χ1v) is 16.9. The van der Waals surface area contributed by atoms with Gasteiger partial charge in [-0.05, 0) is 61.1 Å². The molecule has 6 heteroatoms. The maximum absolute atomic E-state index is 14.8. The van der Waals surface area contributed by atoms with E-state index in [1.54, 1.807) is 4.90 Å². The lowest BCUT2D eigenvalue weighted by molar-refractivity contribution is -0.115. The highest BCUT2D eigenvalue weighted by atomic mass is 32.2. The fraction of sp³-hybridized carbons (Fsp3) is 0.256. The van der Waals surface area contributed by atoms with E-state index in [1.165, 1.54) is 29.3 Å². The van der Waals surface area contributed by atoms with Crippen LogP contribution in [0, 0.1) is 0 Å². The number of aryl methyl sites for hydroxylation is 1. The quantitative estimate of drug-likeness (QED) is 0.131. The number of aromatic nitrogens is 2. The lowest BCUT2D eigenvalue weighted by Gasteiger charge is -2.42. The summed E-state index contributed by atoms with van der Waals surface area (Å²) in [7, 11) is 0. The molecule has 4 aromatic carbocycles. The zero-order valence-corrected chi connectivity index (χ0v) is 26.2. The topological polar surface area (TPSA) is 55.2 Å². The summed E-state index contributed by atoms with van der Waals surface area (Å²) in [6.45, 7) is 0.512. The highest BCUT2D eigenvalue weighted by molar-refractivity contribution is 7.99. The molecule has 1 amide bonds. The highest BCUT2D eigenvalue weighted by Crippen LogP contribution is 2.49. The van der Waals surface area contributed by atoms with Crippen LogP contribution in [0.3, 0.4) is 0 Å². The van der Waals surface area contributed by atoms with Crippen LogP contribution in [0.15, 0.2) is 125 Å². The molecule has 0 radical (unpaired) electrons. The number of thioether (sulfide) groups is 1. The summed E-state index contributed by atoms with van der Waals surface area (Å²) >= 11 is 1.37. The Morgan fingerprint density at radius 1 is 0.778 bits per heavy atom. The van der Waals surface area contributed by atoms with Crippen LogP contribution < -0.4 is 10.5 Å². The van der Waals surface area contributed by atoms with E-state index < -0.39 is 0 Å². The highest BCUT2D eigenvalue weighted by Gasteiger charge is 2.43. The van der Waals surface area contributed by atoms with E-state index in [1.807, 2.05) is 89.5 Å². The van der Waals surface area contributed by atoms with Crippen LogP contribution >= 0.6 is 11.8 Å². The largest absolute Gasteiger partial charge is 0.287 e. The van der Waals surface area contributed by atoms with E-state index in [0.29, 0.717) is 18.1 Å². The van der Waals surface area contributed by atoms with Gasteiger partial charge in [0, 0.05) is 28.9 Å². The fourth-order valence-electron chi connectivity index (χ4n) is 7.20. The lowest BCUT2D eigenvalue weighted by Crippen LogP contribution is -2.43. The number of hydrogen-bond donors (Lipinski definition) is 0. The van der Waals surface area contributed by atoms with Crippen LogP contribution in [0.1, 0.15) is 48.8 Å². The fourth-order valence-corrected chi connectivity index (χ4v) is 8.06. The van der Waals surface area contributed by atoms with Gasteiger partial charge in [-0.1, -0.05) is 122 Å². The first-order valence-electron chi connectivity index (χ1n) is 16.0. The summed E-state index contributed by atoms with van der Waals surface area (Å²) in [5, 5.41) is 0.603.